The number of carbonyl (C=O) groups excluding carboxylic acids is 1. The molecule has 0 N–H and O–H groups in total. The third kappa shape index (κ3) is 2.58. The molecule has 100 valence electrons. The highest BCUT2D eigenvalue weighted by molar-refractivity contribution is 9.11. The first-order chi connectivity index (χ1) is 9.65. The molecule has 0 atom stereocenters. The van der Waals surface area contributed by atoms with Crippen molar-refractivity contribution >= 4 is 48.5 Å². The number of ketones is 1. The summed E-state index contributed by atoms with van der Waals surface area (Å²) < 4.78 is 3.96. The Bertz CT molecular complexity index is 775. The van der Waals surface area contributed by atoms with Gasteiger partial charge in [0.2, 0.25) is 0 Å². The summed E-state index contributed by atoms with van der Waals surface area (Å²) in [5.74, 6) is 0.103. The van der Waals surface area contributed by atoms with Crippen LogP contribution in [0.25, 0.3) is 10.9 Å². The predicted molar refractivity (Wildman–Crippen MR) is 88.1 cm³/mol. The van der Waals surface area contributed by atoms with E-state index in [1.807, 2.05) is 59.3 Å². The van der Waals surface area contributed by atoms with Crippen molar-refractivity contribution in [2.75, 3.05) is 0 Å². The van der Waals surface area contributed by atoms with E-state index in [-0.39, 0.29) is 5.78 Å². The van der Waals surface area contributed by atoms with Gasteiger partial charge in [-0.2, -0.15) is 0 Å². The summed E-state index contributed by atoms with van der Waals surface area (Å²) in [6.07, 6.45) is 1.96. The van der Waals surface area contributed by atoms with Gasteiger partial charge in [0.05, 0.1) is 6.54 Å². The van der Waals surface area contributed by atoms with E-state index in [1.165, 1.54) is 0 Å². The van der Waals surface area contributed by atoms with E-state index in [2.05, 4.69) is 31.9 Å². The molecule has 0 fully saturated rings. The van der Waals surface area contributed by atoms with Crippen LogP contribution in [-0.4, -0.2) is 10.4 Å². The zero-order valence-corrected chi connectivity index (χ0v) is 13.7. The Hall–Kier alpha value is -1.39. The normalized spacial score (nSPS) is 10.9. The van der Waals surface area contributed by atoms with E-state index in [9.17, 15) is 4.79 Å². The van der Waals surface area contributed by atoms with E-state index >= 15 is 0 Å². The second kappa shape index (κ2) is 5.54. The van der Waals surface area contributed by atoms with Crippen LogP contribution in [0, 0.1) is 0 Å². The number of para-hydroxylation sites is 1. The van der Waals surface area contributed by atoms with Crippen molar-refractivity contribution in [2.24, 2.45) is 0 Å². The Balaban J connectivity index is 1.93. The number of aromatic nitrogens is 1. The van der Waals surface area contributed by atoms with E-state index < -0.39 is 0 Å². The van der Waals surface area contributed by atoms with Crippen LogP contribution in [0.2, 0.25) is 0 Å². The van der Waals surface area contributed by atoms with Crippen molar-refractivity contribution in [3.8, 4) is 0 Å². The van der Waals surface area contributed by atoms with Crippen LogP contribution in [0.1, 0.15) is 10.4 Å². The van der Waals surface area contributed by atoms with Crippen molar-refractivity contribution in [1.29, 1.82) is 0 Å². The highest BCUT2D eigenvalue weighted by atomic mass is 79.9. The molecule has 4 heteroatoms. The van der Waals surface area contributed by atoms with Crippen LogP contribution in [0.15, 0.2) is 63.7 Å². The summed E-state index contributed by atoms with van der Waals surface area (Å²) in [6.45, 7) is 0.341. The van der Waals surface area contributed by atoms with Gasteiger partial charge in [0, 0.05) is 31.6 Å². The Morgan fingerprint density at radius 1 is 1.00 bits per heavy atom. The molecule has 0 saturated heterocycles. The number of carbonyl (C=O) groups is 1. The van der Waals surface area contributed by atoms with Crippen LogP contribution in [0.4, 0.5) is 0 Å². The Labute approximate surface area is 133 Å². The first kappa shape index (κ1) is 13.6. The van der Waals surface area contributed by atoms with Gasteiger partial charge in [0.15, 0.2) is 5.78 Å². The van der Waals surface area contributed by atoms with E-state index in [0.717, 1.165) is 25.4 Å². The third-order valence-corrected chi connectivity index (χ3v) is 4.38. The summed E-state index contributed by atoms with van der Waals surface area (Å²) in [5.41, 5.74) is 1.78. The summed E-state index contributed by atoms with van der Waals surface area (Å²) in [6, 6.07) is 15.5. The molecule has 3 rings (SSSR count). The Kier molecular flexibility index (Phi) is 3.76. The highest BCUT2D eigenvalue weighted by Gasteiger charge is 2.11. The molecule has 0 aliphatic heterocycles. The number of nitrogens with zero attached hydrogens (tertiary/aromatic N) is 1. The molecule has 20 heavy (non-hydrogen) atoms. The van der Waals surface area contributed by atoms with Gasteiger partial charge in [0.1, 0.15) is 0 Å². The second-order valence-electron chi connectivity index (χ2n) is 4.55. The topological polar surface area (TPSA) is 22.0 Å². The van der Waals surface area contributed by atoms with Crippen LogP contribution in [0.3, 0.4) is 0 Å². The van der Waals surface area contributed by atoms with Gasteiger partial charge in [0.25, 0.3) is 0 Å². The van der Waals surface area contributed by atoms with Crippen LogP contribution >= 0.6 is 31.9 Å². The highest BCUT2D eigenvalue weighted by Crippen LogP contribution is 2.26. The molecule has 0 aliphatic carbocycles. The molecule has 0 radical (unpaired) electrons. The molecule has 1 aromatic heterocycles. The minimum atomic E-state index is 0.103. The fourth-order valence-electron chi connectivity index (χ4n) is 2.21. The lowest BCUT2D eigenvalue weighted by atomic mass is 10.1. The average molecular weight is 393 g/mol. The smallest absolute Gasteiger partial charge is 0.182 e. The van der Waals surface area contributed by atoms with Gasteiger partial charge in [-0.25, -0.2) is 0 Å². The SMILES string of the molecule is O=C(Cn1cc(Br)c2ccccc21)c1ccc(Br)cc1. The molecule has 3 aromatic rings. The number of halogens is 2. The molecule has 0 bridgehead atoms. The molecule has 2 nitrogen and oxygen atoms in total. The lowest BCUT2D eigenvalue weighted by Crippen LogP contribution is -2.09. The largest absolute Gasteiger partial charge is 0.338 e. The number of Topliss-reactive ketones (excluding diaryl/α,β-unsaturated/α-hetero) is 1. The fraction of sp³-hybridized carbons (Fsp3) is 0.0625. The number of hydrogen-bond acceptors (Lipinski definition) is 1. The van der Waals surface area contributed by atoms with Crippen LogP contribution in [-0.2, 0) is 6.54 Å². The third-order valence-electron chi connectivity index (χ3n) is 3.22. The van der Waals surface area contributed by atoms with Gasteiger partial charge in [-0.05, 0) is 34.1 Å². The molecule has 0 unspecified atom stereocenters. The van der Waals surface area contributed by atoms with Gasteiger partial charge < -0.3 is 4.57 Å². The molecule has 0 amide bonds. The molecular formula is C16H11Br2NO. The quantitative estimate of drug-likeness (QED) is 0.571. The molecular weight excluding hydrogens is 382 g/mol. The lowest BCUT2D eigenvalue weighted by molar-refractivity contribution is 0.0973. The standard InChI is InChI=1S/C16H11Br2NO/c17-12-7-5-11(6-8-12)16(20)10-19-9-14(18)13-3-1-2-4-15(13)19/h1-9H,10H2. The molecule has 0 aliphatic rings. The second-order valence-corrected chi connectivity index (χ2v) is 6.32. The Morgan fingerprint density at radius 3 is 2.45 bits per heavy atom. The number of rotatable bonds is 3. The fourth-order valence-corrected chi connectivity index (χ4v) is 3.06. The van der Waals surface area contributed by atoms with Crippen molar-refractivity contribution in [2.45, 2.75) is 6.54 Å². The predicted octanol–water partition coefficient (Wildman–Crippen LogP) is 5.05. The van der Waals surface area contributed by atoms with E-state index in [1.54, 1.807) is 0 Å². The van der Waals surface area contributed by atoms with E-state index in [0.29, 0.717) is 6.54 Å². The number of benzene rings is 2. The summed E-state index contributed by atoms with van der Waals surface area (Å²) >= 11 is 6.91. The first-order valence-electron chi connectivity index (χ1n) is 6.17. The Morgan fingerprint density at radius 2 is 1.70 bits per heavy atom. The number of fused-ring (bicyclic) bond motifs is 1. The zero-order valence-electron chi connectivity index (χ0n) is 10.5. The summed E-state index contributed by atoms with van der Waals surface area (Å²) in [4.78, 5) is 12.3. The zero-order chi connectivity index (χ0) is 14.1. The maximum atomic E-state index is 12.3. The molecule has 0 spiro atoms. The summed E-state index contributed by atoms with van der Waals surface area (Å²) in [7, 11) is 0. The van der Waals surface area contributed by atoms with Crippen molar-refractivity contribution < 1.29 is 4.79 Å². The minimum absolute atomic E-state index is 0.103. The van der Waals surface area contributed by atoms with Gasteiger partial charge in [-0.1, -0.05) is 46.3 Å². The molecule has 2 aromatic carbocycles. The first-order valence-corrected chi connectivity index (χ1v) is 7.76. The molecule has 0 saturated carbocycles. The molecule has 1 heterocycles. The van der Waals surface area contributed by atoms with E-state index in [4.69, 9.17) is 0 Å². The minimum Gasteiger partial charge on any atom is -0.338 e. The van der Waals surface area contributed by atoms with Crippen molar-refractivity contribution in [1.82, 2.24) is 4.57 Å². The monoisotopic (exact) mass is 391 g/mol. The van der Waals surface area contributed by atoms with Gasteiger partial charge in [-0.3, -0.25) is 4.79 Å². The van der Waals surface area contributed by atoms with Gasteiger partial charge in [-0.15, -0.1) is 0 Å². The van der Waals surface area contributed by atoms with Gasteiger partial charge >= 0.3 is 0 Å². The average Bonchev–Trinajstić information content (AvgIpc) is 2.77. The van der Waals surface area contributed by atoms with Crippen molar-refractivity contribution in [3.05, 3.63) is 69.2 Å². The summed E-state index contributed by atoms with van der Waals surface area (Å²) in [5, 5.41) is 1.12. The van der Waals surface area contributed by atoms with Crippen LogP contribution in [0.5, 0.6) is 0 Å². The van der Waals surface area contributed by atoms with Crippen molar-refractivity contribution in [3.63, 3.8) is 0 Å². The lowest BCUT2D eigenvalue weighted by Gasteiger charge is -2.05. The number of hydrogen-bond donors (Lipinski definition) is 0. The maximum Gasteiger partial charge on any atom is 0.182 e. The van der Waals surface area contributed by atoms with Crippen LogP contribution < -0.4 is 0 Å². The maximum absolute atomic E-state index is 12.3.